The number of amides is 2. The van der Waals surface area contributed by atoms with Gasteiger partial charge in [-0.05, 0) is 45.7 Å². The molecule has 3 rings (SSSR count). The molecule has 0 saturated heterocycles. The van der Waals surface area contributed by atoms with Crippen molar-refractivity contribution >= 4 is 23.2 Å². The second-order valence-corrected chi connectivity index (χ2v) is 7.49. The highest BCUT2D eigenvalue weighted by Crippen LogP contribution is 2.20. The zero-order valence-corrected chi connectivity index (χ0v) is 14.9. The highest BCUT2D eigenvalue weighted by molar-refractivity contribution is 7.09. The van der Waals surface area contributed by atoms with Crippen molar-refractivity contribution in [3.63, 3.8) is 0 Å². The first-order valence-electron chi connectivity index (χ1n) is 8.08. The Bertz CT molecular complexity index is 846. The minimum Gasteiger partial charge on any atom is -0.352 e. The van der Waals surface area contributed by atoms with Crippen molar-refractivity contribution in [2.24, 2.45) is 4.99 Å². The second-order valence-electron chi connectivity index (χ2n) is 6.28. The summed E-state index contributed by atoms with van der Waals surface area (Å²) in [5.74, 6) is -0.316. The maximum Gasteiger partial charge on any atom is 0.279 e. The molecule has 1 atom stereocenters. The lowest BCUT2D eigenvalue weighted by Gasteiger charge is -2.13. The number of carbonyl (C=O) groups excluding carboxylic acids is 2. The molecule has 0 bridgehead atoms. The topological polar surface area (TPSA) is 63.5 Å². The number of benzene rings is 1. The zero-order valence-electron chi connectivity index (χ0n) is 14.1. The van der Waals surface area contributed by atoms with Crippen LogP contribution in [0, 0.1) is 13.8 Å². The fourth-order valence-corrected chi connectivity index (χ4v) is 3.34. The van der Waals surface area contributed by atoms with Gasteiger partial charge in [-0.25, -0.2) is 0 Å². The number of rotatable bonds is 4. The first kappa shape index (κ1) is 16.6. The third-order valence-corrected chi connectivity index (χ3v) is 4.89. The van der Waals surface area contributed by atoms with Gasteiger partial charge < -0.3 is 9.88 Å². The number of nitrogens with one attached hydrogen (secondary N) is 1. The van der Waals surface area contributed by atoms with Crippen LogP contribution in [0.2, 0.25) is 0 Å². The molecular weight excluding hydrogens is 322 g/mol. The van der Waals surface area contributed by atoms with Gasteiger partial charge in [-0.15, -0.1) is 11.3 Å². The molecule has 1 aromatic carbocycles. The SMILES string of the molecule is Cc1cccc(C(=O)N=c2sc(C)cn2[C@H](C)C(=O)NC2CC2)c1. The van der Waals surface area contributed by atoms with E-state index in [-0.39, 0.29) is 17.9 Å². The largest absolute Gasteiger partial charge is 0.352 e. The number of thiazole rings is 1. The number of hydrogen-bond donors (Lipinski definition) is 1. The third kappa shape index (κ3) is 3.82. The minimum atomic E-state index is -0.389. The molecule has 5 nitrogen and oxygen atoms in total. The Hall–Kier alpha value is -2.21. The first-order valence-corrected chi connectivity index (χ1v) is 8.90. The van der Waals surface area contributed by atoms with Gasteiger partial charge in [0.05, 0.1) is 0 Å². The van der Waals surface area contributed by atoms with E-state index in [1.807, 2.05) is 45.2 Å². The summed E-state index contributed by atoms with van der Waals surface area (Å²) in [6, 6.07) is 7.29. The lowest BCUT2D eigenvalue weighted by Crippen LogP contribution is -2.35. The van der Waals surface area contributed by atoms with Crippen LogP contribution in [-0.4, -0.2) is 22.4 Å². The molecule has 6 heteroatoms. The molecule has 0 radical (unpaired) electrons. The van der Waals surface area contributed by atoms with E-state index in [4.69, 9.17) is 0 Å². The summed E-state index contributed by atoms with van der Waals surface area (Å²) in [6.45, 7) is 5.72. The fourth-order valence-electron chi connectivity index (χ4n) is 2.44. The second kappa shape index (κ2) is 6.73. The molecule has 1 heterocycles. The van der Waals surface area contributed by atoms with Crippen LogP contribution in [0.4, 0.5) is 0 Å². The van der Waals surface area contributed by atoms with Crippen LogP contribution < -0.4 is 10.1 Å². The van der Waals surface area contributed by atoms with Gasteiger partial charge >= 0.3 is 0 Å². The van der Waals surface area contributed by atoms with Crippen LogP contribution in [-0.2, 0) is 4.79 Å². The molecular formula is C18H21N3O2S. The summed E-state index contributed by atoms with van der Waals surface area (Å²) in [7, 11) is 0. The lowest BCUT2D eigenvalue weighted by atomic mass is 10.1. The molecule has 0 unspecified atom stereocenters. The summed E-state index contributed by atoms with van der Waals surface area (Å²) in [5, 5.41) is 3.00. The van der Waals surface area contributed by atoms with Crippen LogP contribution in [0.3, 0.4) is 0 Å². The van der Waals surface area contributed by atoms with Gasteiger partial charge in [0.2, 0.25) is 5.91 Å². The molecule has 1 aliphatic rings. The highest BCUT2D eigenvalue weighted by atomic mass is 32.1. The first-order chi connectivity index (χ1) is 11.4. The van der Waals surface area contributed by atoms with Crippen molar-refractivity contribution in [1.82, 2.24) is 9.88 Å². The van der Waals surface area contributed by atoms with Crippen LogP contribution in [0.15, 0.2) is 35.5 Å². The third-order valence-electron chi connectivity index (χ3n) is 3.98. The van der Waals surface area contributed by atoms with Gasteiger partial charge in [-0.3, -0.25) is 9.59 Å². The predicted molar refractivity (Wildman–Crippen MR) is 94.0 cm³/mol. The number of carbonyl (C=O) groups is 2. The quantitative estimate of drug-likeness (QED) is 0.928. The normalized spacial score (nSPS) is 16.0. The Morgan fingerprint density at radius 3 is 2.75 bits per heavy atom. The Kier molecular flexibility index (Phi) is 4.66. The average Bonchev–Trinajstić information content (AvgIpc) is 3.28. The maximum atomic E-state index is 12.4. The molecule has 1 aliphatic carbocycles. The van der Waals surface area contributed by atoms with E-state index in [9.17, 15) is 9.59 Å². The summed E-state index contributed by atoms with van der Waals surface area (Å²) in [5.41, 5.74) is 1.58. The molecule has 24 heavy (non-hydrogen) atoms. The van der Waals surface area contributed by atoms with Crippen LogP contribution in [0.5, 0.6) is 0 Å². The maximum absolute atomic E-state index is 12.4. The van der Waals surface area contributed by atoms with Gasteiger partial charge in [0.15, 0.2) is 4.80 Å². The summed E-state index contributed by atoms with van der Waals surface area (Å²) < 4.78 is 1.78. The monoisotopic (exact) mass is 343 g/mol. The van der Waals surface area contributed by atoms with Crippen LogP contribution in [0.25, 0.3) is 0 Å². The molecule has 2 aromatic rings. The minimum absolute atomic E-state index is 0.0280. The standard InChI is InChI=1S/C18H21N3O2S/c1-11-5-4-6-14(9-11)17(23)20-18-21(10-12(2)24-18)13(3)16(22)19-15-7-8-15/h4-6,9-10,13,15H,7-8H2,1-3H3,(H,19,22)/t13-/m1/s1. The number of nitrogens with zero attached hydrogens (tertiary/aromatic N) is 2. The molecule has 2 amide bonds. The van der Waals surface area contributed by atoms with E-state index >= 15 is 0 Å². The summed E-state index contributed by atoms with van der Waals surface area (Å²) in [4.78, 5) is 30.6. The van der Waals surface area contributed by atoms with E-state index < -0.39 is 0 Å². The molecule has 1 fully saturated rings. The fraction of sp³-hybridized carbons (Fsp3) is 0.389. The Morgan fingerprint density at radius 2 is 2.08 bits per heavy atom. The Balaban J connectivity index is 1.90. The molecule has 126 valence electrons. The number of hydrogen-bond acceptors (Lipinski definition) is 3. The smallest absolute Gasteiger partial charge is 0.279 e. The molecule has 1 N–H and O–H groups in total. The van der Waals surface area contributed by atoms with E-state index in [0.717, 1.165) is 23.3 Å². The predicted octanol–water partition coefficient (Wildman–Crippen LogP) is 2.75. The van der Waals surface area contributed by atoms with Crippen molar-refractivity contribution in [2.75, 3.05) is 0 Å². The molecule has 0 spiro atoms. The van der Waals surface area contributed by atoms with E-state index in [1.54, 1.807) is 10.6 Å². The Morgan fingerprint density at radius 1 is 1.33 bits per heavy atom. The van der Waals surface area contributed by atoms with Crippen molar-refractivity contribution in [3.05, 3.63) is 51.3 Å². The van der Waals surface area contributed by atoms with Gasteiger partial charge in [-0.1, -0.05) is 17.7 Å². The number of aryl methyl sites for hydroxylation is 2. The van der Waals surface area contributed by atoms with Gasteiger partial charge in [0.1, 0.15) is 6.04 Å². The van der Waals surface area contributed by atoms with Crippen LogP contribution in [0.1, 0.15) is 46.6 Å². The van der Waals surface area contributed by atoms with E-state index in [2.05, 4.69) is 10.3 Å². The molecule has 0 aliphatic heterocycles. The van der Waals surface area contributed by atoms with Crippen LogP contribution >= 0.6 is 11.3 Å². The summed E-state index contributed by atoms with van der Waals surface area (Å²) >= 11 is 1.42. The average molecular weight is 343 g/mol. The van der Waals surface area contributed by atoms with Gasteiger partial charge in [-0.2, -0.15) is 4.99 Å². The van der Waals surface area contributed by atoms with Gasteiger partial charge in [0, 0.05) is 22.7 Å². The van der Waals surface area contributed by atoms with Crippen molar-refractivity contribution in [1.29, 1.82) is 0 Å². The van der Waals surface area contributed by atoms with E-state index in [1.165, 1.54) is 11.3 Å². The van der Waals surface area contributed by atoms with Crippen molar-refractivity contribution < 1.29 is 9.59 Å². The molecule has 1 saturated carbocycles. The lowest BCUT2D eigenvalue weighted by molar-refractivity contribution is -0.124. The van der Waals surface area contributed by atoms with Crippen molar-refractivity contribution in [3.8, 4) is 0 Å². The molecule has 1 aromatic heterocycles. The van der Waals surface area contributed by atoms with E-state index in [0.29, 0.717) is 16.4 Å². The van der Waals surface area contributed by atoms with Gasteiger partial charge in [0.25, 0.3) is 5.91 Å². The van der Waals surface area contributed by atoms with Crippen molar-refractivity contribution in [2.45, 2.75) is 45.7 Å². The Labute approximate surface area is 145 Å². The number of aromatic nitrogens is 1. The highest BCUT2D eigenvalue weighted by Gasteiger charge is 2.26. The summed E-state index contributed by atoms with van der Waals surface area (Å²) in [6.07, 6.45) is 3.98. The zero-order chi connectivity index (χ0) is 17.3.